The van der Waals surface area contributed by atoms with Crippen molar-refractivity contribution in [2.24, 2.45) is 5.92 Å². The Kier molecular flexibility index (Phi) is 6.60. The first-order valence-electron chi connectivity index (χ1n) is 12.1. The Balaban J connectivity index is 1.25. The predicted molar refractivity (Wildman–Crippen MR) is 128 cm³/mol. The third-order valence-corrected chi connectivity index (χ3v) is 8.38. The molecule has 1 aromatic heterocycles. The van der Waals surface area contributed by atoms with Crippen LogP contribution in [-0.2, 0) is 16.0 Å². The van der Waals surface area contributed by atoms with Gasteiger partial charge >= 0.3 is 0 Å². The zero-order valence-electron chi connectivity index (χ0n) is 18.7. The molecule has 0 bridgehead atoms. The summed E-state index contributed by atoms with van der Waals surface area (Å²) in [6, 6.07) is 12.9. The summed E-state index contributed by atoms with van der Waals surface area (Å²) in [5, 5.41) is 2.18. The van der Waals surface area contributed by atoms with Crippen LogP contribution >= 0.6 is 11.3 Å². The van der Waals surface area contributed by atoms with E-state index in [2.05, 4.69) is 40.6 Å². The number of rotatable bonds is 4. The number of nitrogens with zero attached hydrogens (tertiary/aromatic N) is 3. The summed E-state index contributed by atoms with van der Waals surface area (Å²) in [6.45, 7) is 4.21. The Morgan fingerprint density at radius 1 is 0.875 bits per heavy atom. The molecule has 1 aromatic carbocycles. The third-order valence-electron chi connectivity index (χ3n) is 7.38. The van der Waals surface area contributed by atoms with Crippen LogP contribution in [0.4, 0.5) is 0 Å². The summed E-state index contributed by atoms with van der Waals surface area (Å²) in [5.41, 5.74) is 2.60. The number of carbonyl (C=O) groups excluding carboxylic acids is 2. The largest absolute Gasteiger partial charge is 0.341 e. The van der Waals surface area contributed by atoms with E-state index >= 15 is 0 Å². The Labute approximate surface area is 195 Å². The number of hydrogen-bond donors (Lipinski definition) is 0. The Morgan fingerprint density at radius 3 is 2.44 bits per heavy atom. The highest BCUT2D eigenvalue weighted by molar-refractivity contribution is 7.10. The topological polar surface area (TPSA) is 43.9 Å². The maximum Gasteiger partial charge on any atom is 0.236 e. The van der Waals surface area contributed by atoms with Crippen LogP contribution in [0.15, 0.2) is 41.8 Å². The van der Waals surface area contributed by atoms with Crippen molar-refractivity contribution in [3.05, 3.63) is 57.8 Å². The molecule has 3 aliphatic rings. The quantitative estimate of drug-likeness (QED) is 0.707. The van der Waals surface area contributed by atoms with Crippen molar-refractivity contribution in [2.45, 2.75) is 44.6 Å². The molecule has 2 aromatic rings. The van der Waals surface area contributed by atoms with Crippen LogP contribution < -0.4 is 0 Å². The second-order valence-electron chi connectivity index (χ2n) is 9.37. The van der Waals surface area contributed by atoms with Gasteiger partial charge in [-0.2, -0.15) is 0 Å². The molecule has 2 fully saturated rings. The molecule has 1 saturated heterocycles. The van der Waals surface area contributed by atoms with Crippen LogP contribution in [0.25, 0.3) is 0 Å². The van der Waals surface area contributed by atoms with Crippen LogP contribution in [0.3, 0.4) is 0 Å². The van der Waals surface area contributed by atoms with Gasteiger partial charge in [0.2, 0.25) is 11.8 Å². The molecule has 1 atom stereocenters. The molecule has 5 rings (SSSR count). The Morgan fingerprint density at radius 2 is 1.62 bits per heavy atom. The highest BCUT2D eigenvalue weighted by atomic mass is 32.1. The lowest BCUT2D eigenvalue weighted by molar-refractivity contribution is -0.136. The molecule has 1 saturated carbocycles. The van der Waals surface area contributed by atoms with Crippen LogP contribution in [0, 0.1) is 5.92 Å². The van der Waals surface area contributed by atoms with Gasteiger partial charge in [0.25, 0.3) is 0 Å². The van der Waals surface area contributed by atoms with Crippen LogP contribution in [0.1, 0.15) is 54.1 Å². The van der Waals surface area contributed by atoms with Crippen LogP contribution in [0.5, 0.6) is 0 Å². The lowest BCUT2D eigenvalue weighted by Crippen LogP contribution is -2.45. The van der Waals surface area contributed by atoms with Gasteiger partial charge in [0.15, 0.2) is 0 Å². The van der Waals surface area contributed by atoms with E-state index in [-0.39, 0.29) is 17.9 Å². The van der Waals surface area contributed by atoms with Gasteiger partial charge < -0.3 is 9.80 Å². The predicted octanol–water partition coefficient (Wildman–Crippen LogP) is 3.95. The lowest BCUT2D eigenvalue weighted by atomic mass is 9.93. The molecule has 0 radical (unpaired) electrons. The Hall–Kier alpha value is -2.18. The molecule has 170 valence electrons. The first-order chi connectivity index (χ1) is 15.7. The zero-order chi connectivity index (χ0) is 21.9. The molecule has 2 amide bonds. The SMILES string of the molecule is O=C(CN1CCc2sccc2C1c1ccccc1)N1CCCN(C(=O)C2CCCC2)CC1. The van der Waals surface area contributed by atoms with Gasteiger partial charge in [-0.3, -0.25) is 14.5 Å². The van der Waals surface area contributed by atoms with E-state index in [1.165, 1.54) is 28.8 Å². The van der Waals surface area contributed by atoms with E-state index < -0.39 is 0 Å². The van der Waals surface area contributed by atoms with Gasteiger partial charge in [-0.25, -0.2) is 0 Å². The second-order valence-corrected chi connectivity index (χ2v) is 10.4. The summed E-state index contributed by atoms with van der Waals surface area (Å²) >= 11 is 1.83. The average molecular weight is 452 g/mol. The first-order valence-corrected chi connectivity index (χ1v) is 13.0. The number of fused-ring (bicyclic) bond motifs is 1. The van der Waals surface area contributed by atoms with Crippen molar-refractivity contribution in [1.82, 2.24) is 14.7 Å². The third kappa shape index (κ3) is 4.48. The number of carbonyl (C=O) groups is 2. The molecule has 6 heteroatoms. The molecule has 0 spiro atoms. The summed E-state index contributed by atoms with van der Waals surface area (Å²) in [6.07, 6.45) is 6.32. The molecule has 3 heterocycles. The summed E-state index contributed by atoms with van der Waals surface area (Å²) < 4.78 is 0. The highest BCUT2D eigenvalue weighted by Gasteiger charge is 2.33. The van der Waals surface area contributed by atoms with Crippen molar-refractivity contribution in [2.75, 3.05) is 39.3 Å². The lowest BCUT2D eigenvalue weighted by Gasteiger charge is -2.37. The van der Waals surface area contributed by atoms with Crippen molar-refractivity contribution in [1.29, 1.82) is 0 Å². The van der Waals surface area contributed by atoms with Gasteiger partial charge in [-0.1, -0.05) is 43.2 Å². The number of benzene rings is 1. The van der Waals surface area contributed by atoms with E-state index in [0.717, 1.165) is 45.3 Å². The summed E-state index contributed by atoms with van der Waals surface area (Å²) in [4.78, 5) is 34.0. The fourth-order valence-corrected chi connectivity index (χ4v) is 6.56. The normalized spacial score (nSPS) is 22.6. The van der Waals surface area contributed by atoms with E-state index in [9.17, 15) is 9.59 Å². The van der Waals surface area contributed by atoms with Gasteiger partial charge in [-0.05, 0) is 48.3 Å². The monoisotopic (exact) mass is 451 g/mol. The Bertz CT molecular complexity index is 938. The van der Waals surface area contributed by atoms with E-state index in [4.69, 9.17) is 0 Å². The van der Waals surface area contributed by atoms with Gasteiger partial charge in [0, 0.05) is 43.5 Å². The summed E-state index contributed by atoms with van der Waals surface area (Å²) in [7, 11) is 0. The molecule has 0 N–H and O–H groups in total. The molecule has 32 heavy (non-hydrogen) atoms. The number of hydrogen-bond acceptors (Lipinski definition) is 4. The molecular formula is C26H33N3O2S. The highest BCUT2D eigenvalue weighted by Crippen LogP contribution is 2.37. The maximum absolute atomic E-state index is 13.4. The standard InChI is InChI=1S/C26H33N3O2S/c30-24(27-13-6-14-28(17-16-27)26(31)21-9-4-5-10-21)19-29-15-11-23-22(12-18-32-23)25(29)20-7-2-1-3-8-20/h1-3,7-8,12,18,21,25H,4-6,9-11,13-17,19H2. The molecular weight excluding hydrogens is 418 g/mol. The van der Waals surface area contributed by atoms with Crippen LogP contribution in [-0.4, -0.2) is 65.8 Å². The molecule has 5 nitrogen and oxygen atoms in total. The molecule has 2 aliphatic heterocycles. The second kappa shape index (κ2) is 9.75. The maximum atomic E-state index is 13.4. The van der Waals surface area contributed by atoms with Gasteiger partial charge in [0.05, 0.1) is 12.6 Å². The fraction of sp³-hybridized carbons (Fsp3) is 0.538. The fourth-order valence-electron chi connectivity index (χ4n) is 5.66. The van der Waals surface area contributed by atoms with Gasteiger partial charge in [0.1, 0.15) is 0 Å². The van der Waals surface area contributed by atoms with Crippen molar-refractivity contribution >= 4 is 23.2 Å². The first kappa shape index (κ1) is 21.7. The minimum Gasteiger partial charge on any atom is -0.341 e. The van der Waals surface area contributed by atoms with Crippen molar-refractivity contribution in [3.63, 3.8) is 0 Å². The molecule has 1 aliphatic carbocycles. The van der Waals surface area contributed by atoms with Gasteiger partial charge in [-0.15, -0.1) is 11.3 Å². The van der Waals surface area contributed by atoms with E-state index in [1.54, 1.807) is 0 Å². The summed E-state index contributed by atoms with van der Waals surface area (Å²) in [5.74, 6) is 0.735. The average Bonchev–Trinajstić information content (AvgIpc) is 3.46. The minimum absolute atomic E-state index is 0.141. The van der Waals surface area contributed by atoms with Crippen LogP contribution in [0.2, 0.25) is 0 Å². The van der Waals surface area contributed by atoms with Crippen molar-refractivity contribution < 1.29 is 9.59 Å². The molecule has 1 unspecified atom stereocenters. The smallest absolute Gasteiger partial charge is 0.236 e. The number of thiophene rings is 1. The number of amides is 2. The van der Waals surface area contributed by atoms with E-state index in [0.29, 0.717) is 25.5 Å². The van der Waals surface area contributed by atoms with Crippen molar-refractivity contribution in [3.8, 4) is 0 Å². The minimum atomic E-state index is 0.141. The van der Waals surface area contributed by atoms with E-state index in [1.807, 2.05) is 27.2 Å². The zero-order valence-corrected chi connectivity index (χ0v) is 19.6.